The SMILES string of the molecule is O=C([O-])c1ccc(Br)cc1.O=C([O-])c1ccc(Br)cc1.O=C([O-])c1ccc(Br)cc1.O=C([O-])c1ccc(Br)cc1.[Pb+4]. The summed E-state index contributed by atoms with van der Waals surface area (Å²) in [6.07, 6.45) is 0. The molecule has 0 aliphatic rings. The Morgan fingerprint density at radius 1 is 0.341 bits per heavy atom. The third kappa shape index (κ3) is 16.6. The molecule has 0 heterocycles. The van der Waals surface area contributed by atoms with Gasteiger partial charge in [-0.15, -0.1) is 0 Å². The first-order valence-corrected chi connectivity index (χ1v) is 13.8. The molecule has 0 atom stereocenters. The van der Waals surface area contributed by atoms with Crippen LogP contribution in [0.4, 0.5) is 0 Å². The van der Waals surface area contributed by atoms with Gasteiger partial charge < -0.3 is 39.6 Å². The average molecular weight is 1010 g/mol. The number of hydrogen-bond acceptors (Lipinski definition) is 8. The van der Waals surface area contributed by atoms with Gasteiger partial charge >= 0.3 is 27.3 Å². The largest absolute Gasteiger partial charge is 4.00 e. The molecule has 0 saturated heterocycles. The Morgan fingerprint density at radius 2 is 0.463 bits per heavy atom. The van der Waals surface area contributed by atoms with Gasteiger partial charge in [-0.3, -0.25) is 0 Å². The molecule has 4 aromatic rings. The van der Waals surface area contributed by atoms with Crippen molar-refractivity contribution in [2.45, 2.75) is 0 Å². The van der Waals surface area contributed by atoms with Crippen molar-refractivity contribution in [3.8, 4) is 0 Å². The number of carbonyl (C=O) groups excluding carboxylic acids is 4. The Hall–Kier alpha value is -2.40. The number of benzene rings is 4. The smallest absolute Gasteiger partial charge is 0.545 e. The molecule has 0 bridgehead atoms. The molecule has 0 saturated carbocycles. The molecule has 4 rings (SSSR count). The topological polar surface area (TPSA) is 161 Å². The van der Waals surface area contributed by atoms with E-state index in [4.69, 9.17) is 0 Å². The van der Waals surface area contributed by atoms with Crippen molar-refractivity contribution in [2.24, 2.45) is 0 Å². The fourth-order valence-electron chi connectivity index (χ4n) is 2.34. The Balaban J connectivity index is 0.000000516. The van der Waals surface area contributed by atoms with E-state index in [1.807, 2.05) is 0 Å². The van der Waals surface area contributed by atoms with Crippen molar-refractivity contribution in [1.82, 2.24) is 0 Å². The fourth-order valence-corrected chi connectivity index (χ4v) is 3.40. The Kier molecular flexibility index (Phi) is 19.3. The summed E-state index contributed by atoms with van der Waals surface area (Å²) in [6, 6.07) is 25.1. The van der Waals surface area contributed by atoms with Crippen molar-refractivity contribution in [3.05, 3.63) is 137 Å². The summed E-state index contributed by atoms with van der Waals surface area (Å²) in [5.41, 5.74) is 0.790. The summed E-state index contributed by atoms with van der Waals surface area (Å²) in [4.78, 5) is 40.7. The third-order valence-electron chi connectivity index (χ3n) is 4.32. The number of halogens is 4. The zero-order chi connectivity index (χ0) is 30.2. The summed E-state index contributed by atoms with van der Waals surface area (Å²) in [6.45, 7) is 0. The van der Waals surface area contributed by atoms with E-state index in [0.29, 0.717) is 0 Å². The maximum atomic E-state index is 10.2. The second kappa shape index (κ2) is 20.5. The molecule has 0 fully saturated rings. The van der Waals surface area contributed by atoms with Crippen LogP contribution in [0.3, 0.4) is 0 Å². The van der Waals surface area contributed by atoms with Crippen molar-refractivity contribution >= 4 is 115 Å². The first kappa shape index (κ1) is 38.6. The van der Waals surface area contributed by atoms with Gasteiger partial charge in [0.1, 0.15) is 0 Å². The molecule has 13 heteroatoms. The van der Waals surface area contributed by atoms with Gasteiger partial charge in [-0.2, -0.15) is 0 Å². The molecule has 8 nitrogen and oxygen atoms in total. The molecule has 0 aliphatic carbocycles. The Labute approximate surface area is 289 Å². The number of hydrogen-bond donors (Lipinski definition) is 0. The quantitative estimate of drug-likeness (QED) is 0.283. The molecule has 0 N–H and O–H groups in total. The Bertz CT molecular complexity index is 1190. The first-order chi connectivity index (χ1) is 18.8. The van der Waals surface area contributed by atoms with E-state index in [9.17, 15) is 39.6 Å². The summed E-state index contributed by atoms with van der Waals surface area (Å²) in [5.74, 6) is -4.58. The van der Waals surface area contributed by atoms with Crippen LogP contribution in [0, 0.1) is 0 Å². The van der Waals surface area contributed by atoms with Gasteiger partial charge in [0.05, 0.1) is 23.9 Å². The number of aromatic carboxylic acids is 4. The monoisotopic (exact) mass is 1000 g/mol. The van der Waals surface area contributed by atoms with Crippen LogP contribution in [-0.2, 0) is 0 Å². The van der Waals surface area contributed by atoms with E-state index >= 15 is 0 Å². The van der Waals surface area contributed by atoms with Crippen LogP contribution in [0.2, 0.25) is 0 Å². The van der Waals surface area contributed by atoms with Crippen LogP contribution in [0.1, 0.15) is 41.4 Å². The normalized spacial score (nSPS) is 9.07. The summed E-state index contributed by atoms with van der Waals surface area (Å²) in [5, 5.41) is 40.7. The van der Waals surface area contributed by atoms with Gasteiger partial charge in [0.2, 0.25) is 0 Å². The van der Waals surface area contributed by atoms with Gasteiger partial charge in [-0.1, -0.05) is 112 Å². The maximum Gasteiger partial charge on any atom is 4.00 e. The van der Waals surface area contributed by atoms with Gasteiger partial charge in [0, 0.05) is 17.9 Å². The van der Waals surface area contributed by atoms with Crippen LogP contribution in [-0.4, -0.2) is 51.2 Å². The molecule has 0 amide bonds. The molecule has 0 spiro atoms. The van der Waals surface area contributed by atoms with Gasteiger partial charge in [0.15, 0.2) is 0 Å². The van der Waals surface area contributed by atoms with Crippen LogP contribution in [0.5, 0.6) is 0 Å². The van der Waals surface area contributed by atoms with Crippen molar-refractivity contribution in [1.29, 1.82) is 0 Å². The van der Waals surface area contributed by atoms with Crippen LogP contribution in [0.25, 0.3) is 0 Å². The maximum absolute atomic E-state index is 10.2. The summed E-state index contributed by atoms with van der Waals surface area (Å²) >= 11 is 12.7. The van der Waals surface area contributed by atoms with Gasteiger partial charge in [0.25, 0.3) is 0 Å². The Morgan fingerprint density at radius 3 is 0.561 bits per heavy atom. The second-order valence-corrected chi connectivity index (χ2v) is 10.8. The van der Waals surface area contributed by atoms with E-state index in [2.05, 4.69) is 63.7 Å². The number of carboxylic acids is 4. The zero-order valence-corrected chi connectivity index (χ0v) is 30.7. The minimum atomic E-state index is -1.15. The van der Waals surface area contributed by atoms with Gasteiger partial charge in [-0.05, 0) is 70.8 Å². The number of carbonyl (C=O) groups is 4. The summed E-state index contributed by atoms with van der Waals surface area (Å²) < 4.78 is 3.44. The minimum absolute atomic E-state index is 0. The molecule has 4 aromatic carbocycles. The van der Waals surface area contributed by atoms with E-state index in [1.165, 1.54) is 48.5 Å². The number of carboxylic acid groups (broad SMARTS) is 4. The molecule has 41 heavy (non-hydrogen) atoms. The van der Waals surface area contributed by atoms with Crippen molar-refractivity contribution in [3.63, 3.8) is 0 Å². The molecular weight excluding hydrogens is 991 g/mol. The van der Waals surface area contributed by atoms with Gasteiger partial charge in [-0.25, -0.2) is 0 Å². The predicted octanol–water partition coefficient (Wildman–Crippen LogP) is 2.87. The predicted molar refractivity (Wildman–Crippen MR) is 160 cm³/mol. The third-order valence-corrected chi connectivity index (χ3v) is 6.43. The molecule has 0 aromatic heterocycles. The van der Waals surface area contributed by atoms with E-state index in [1.54, 1.807) is 48.5 Å². The average Bonchev–Trinajstić information content (AvgIpc) is 2.91. The first-order valence-electron chi connectivity index (χ1n) is 10.7. The number of rotatable bonds is 4. The molecule has 0 aliphatic heterocycles. The second-order valence-electron chi connectivity index (χ2n) is 7.18. The molecule has 208 valence electrons. The molecule has 0 radical (unpaired) electrons. The fraction of sp³-hybridized carbons (Fsp3) is 0. The standard InChI is InChI=1S/4C7H5BrO2.Pb/c4*8-6-3-1-5(2-4-6)7(9)10;/h4*1-4H,(H,9,10);/q;;;;+4/p-4. The zero-order valence-electron chi connectivity index (χ0n) is 20.5. The van der Waals surface area contributed by atoms with Crippen LogP contribution in [0.15, 0.2) is 115 Å². The van der Waals surface area contributed by atoms with Crippen molar-refractivity contribution in [2.75, 3.05) is 0 Å². The van der Waals surface area contributed by atoms with Crippen LogP contribution >= 0.6 is 63.7 Å². The molecular formula is C28H16Br4O8Pb. The molecule has 0 unspecified atom stereocenters. The van der Waals surface area contributed by atoms with E-state index < -0.39 is 23.9 Å². The van der Waals surface area contributed by atoms with E-state index in [-0.39, 0.29) is 49.6 Å². The van der Waals surface area contributed by atoms with Crippen LogP contribution < -0.4 is 20.4 Å². The van der Waals surface area contributed by atoms with Crippen molar-refractivity contribution < 1.29 is 39.6 Å². The van der Waals surface area contributed by atoms with E-state index in [0.717, 1.165) is 17.9 Å². The minimum Gasteiger partial charge on any atom is -0.545 e. The summed E-state index contributed by atoms with van der Waals surface area (Å²) in [7, 11) is 0.